The molecule has 0 spiro atoms. The summed E-state index contributed by atoms with van der Waals surface area (Å²) < 4.78 is 0. The molecular weight excluding hydrogens is 293 g/mol. The molecule has 106 valence electrons. The molecule has 1 heterocycles. The number of nitrogens with zero attached hydrogens (tertiary/aromatic N) is 2. The largest absolute Gasteiger partial charge is 0.369 e. The van der Waals surface area contributed by atoms with E-state index in [1.54, 1.807) is 0 Å². The van der Waals surface area contributed by atoms with Crippen LogP contribution in [0.5, 0.6) is 0 Å². The molecule has 18 heavy (non-hydrogen) atoms. The van der Waals surface area contributed by atoms with E-state index in [1.165, 1.54) is 5.69 Å². The molecule has 0 atom stereocenters. The number of halogens is 3. The van der Waals surface area contributed by atoms with Crippen LogP contribution in [-0.4, -0.2) is 44.2 Å². The molecular formula is C12H22Cl3N3. The van der Waals surface area contributed by atoms with Gasteiger partial charge in [0.2, 0.25) is 0 Å². The molecule has 0 aliphatic carbocycles. The van der Waals surface area contributed by atoms with Crippen LogP contribution in [0.4, 0.5) is 5.69 Å². The highest BCUT2D eigenvalue weighted by atomic mass is 35.5. The Kier molecular flexibility index (Phi) is 12.0. The molecule has 1 aromatic rings. The predicted octanol–water partition coefficient (Wildman–Crippen LogP) is 2.03. The fraction of sp³-hybridized carbons (Fsp3) is 0.500. The van der Waals surface area contributed by atoms with Gasteiger partial charge in [-0.25, -0.2) is 0 Å². The highest BCUT2D eigenvalue weighted by Gasteiger charge is 2.15. The number of hydrogen-bond acceptors (Lipinski definition) is 3. The van der Waals surface area contributed by atoms with Gasteiger partial charge in [-0.15, -0.1) is 37.2 Å². The van der Waals surface area contributed by atoms with E-state index in [9.17, 15) is 0 Å². The van der Waals surface area contributed by atoms with E-state index in [4.69, 9.17) is 5.73 Å². The van der Waals surface area contributed by atoms with Crippen molar-refractivity contribution in [3.8, 4) is 0 Å². The smallest absolute Gasteiger partial charge is 0.0367 e. The molecule has 1 aromatic carbocycles. The van der Waals surface area contributed by atoms with Crippen LogP contribution in [0.3, 0.4) is 0 Å². The second-order valence-electron chi connectivity index (χ2n) is 3.95. The third kappa shape index (κ3) is 5.63. The minimum Gasteiger partial charge on any atom is -0.369 e. The summed E-state index contributed by atoms with van der Waals surface area (Å²) >= 11 is 0. The van der Waals surface area contributed by atoms with E-state index in [0.29, 0.717) is 0 Å². The SMILES string of the molecule is Cl.Cl.Cl.NCCN1CCN(c2ccccc2)CC1. The van der Waals surface area contributed by atoms with Crippen molar-refractivity contribution >= 4 is 42.9 Å². The van der Waals surface area contributed by atoms with Crippen molar-refractivity contribution in [1.29, 1.82) is 0 Å². The second kappa shape index (κ2) is 10.7. The summed E-state index contributed by atoms with van der Waals surface area (Å²) in [6, 6.07) is 10.6. The standard InChI is InChI=1S/C12H19N3.3ClH/c13-6-7-14-8-10-15(11-9-14)12-4-2-1-3-5-12;;;/h1-5H,6-11,13H2;3*1H. The molecule has 2 rings (SSSR count). The third-order valence-electron chi connectivity index (χ3n) is 2.94. The molecule has 0 radical (unpaired) electrons. The maximum absolute atomic E-state index is 5.55. The minimum absolute atomic E-state index is 0. The molecule has 6 heteroatoms. The summed E-state index contributed by atoms with van der Waals surface area (Å²) in [4.78, 5) is 4.87. The van der Waals surface area contributed by atoms with Crippen molar-refractivity contribution in [3.05, 3.63) is 30.3 Å². The van der Waals surface area contributed by atoms with Gasteiger partial charge in [0, 0.05) is 45.0 Å². The van der Waals surface area contributed by atoms with E-state index in [1.807, 2.05) is 0 Å². The van der Waals surface area contributed by atoms with Gasteiger partial charge in [0.05, 0.1) is 0 Å². The van der Waals surface area contributed by atoms with Crippen molar-refractivity contribution in [3.63, 3.8) is 0 Å². The lowest BCUT2D eigenvalue weighted by atomic mass is 10.2. The zero-order valence-corrected chi connectivity index (χ0v) is 12.8. The average molecular weight is 315 g/mol. The topological polar surface area (TPSA) is 32.5 Å². The van der Waals surface area contributed by atoms with Gasteiger partial charge in [0.25, 0.3) is 0 Å². The van der Waals surface area contributed by atoms with Gasteiger partial charge in [0.1, 0.15) is 0 Å². The van der Waals surface area contributed by atoms with Crippen LogP contribution in [0.2, 0.25) is 0 Å². The Morgan fingerprint density at radius 1 is 0.889 bits per heavy atom. The Labute approximate surface area is 128 Å². The van der Waals surface area contributed by atoms with Gasteiger partial charge in [-0.3, -0.25) is 4.90 Å². The van der Waals surface area contributed by atoms with Crippen LogP contribution < -0.4 is 10.6 Å². The Balaban J connectivity index is 0. The number of rotatable bonds is 3. The van der Waals surface area contributed by atoms with E-state index in [-0.39, 0.29) is 37.2 Å². The molecule has 0 aromatic heterocycles. The summed E-state index contributed by atoms with van der Waals surface area (Å²) in [5, 5.41) is 0. The molecule has 0 amide bonds. The number of anilines is 1. The van der Waals surface area contributed by atoms with Crippen molar-refractivity contribution in [2.75, 3.05) is 44.2 Å². The minimum atomic E-state index is 0. The number of benzene rings is 1. The molecule has 3 nitrogen and oxygen atoms in total. The van der Waals surface area contributed by atoms with Crippen LogP contribution >= 0.6 is 37.2 Å². The lowest BCUT2D eigenvalue weighted by Crippen LogP contribution is -2.47. The molecule has 0 unspecified atom stereocenters. The third-order valence-corrected chi connectivity index (χ3v) is 2.94. The predicted molar refractivity (Wildman–Crippen MR) is 85.9 cm³/mol. The average Bonchev–Trinajstić information content (AvgIpc) is 2.32. The first-order chi connectivity index (χ1) is 7.40. The number of para-hydroxylation sites is 1. The van der Waals surface area contributed by atoms with Crippen LogP contribution in [0.15, 0.2) is 30.3 Å². The van der Waals surface area contributed by atoms with Gasteiger partial charge in [-0.05, 0) is 12.1 Å². The highest BCUT2D eigenvalue weighted by molar-refractivity contribution is 5.86. The monoisotopic (exact) mass is 313 g/mol. The molecule has 2 N–H and O–H groups in total. The molecule has 1 fully saturated rings. The summed E-state index contributed by atoms with van der Waals surface area (Å²) in [5.74, 6) is 0. The maximum Gasteiger partial charge on any atom is 0.0367 e. The lowest BCUT2D eigenvalue weighted by Gasteiger charge is -2.35. The molecule has 0 saturated carbocycles. The van der Waals surface area contributed by atoms with Crippen molar-refractivity contribution in [1.82, 2.24) is 4.90 Å². The Hall–Kier alpha value is -0.190. The van der Waals surface area contributed by atoms with Gasteiger partial charge in [-0.2, -0.15) is 0 Å². The first kappa shape index (κ1) is 20.1. The summed E-state index contributed by atoms with van der Waals surface area (Å²) in [6.07, 6.45) is 0. The highest BCUT2D eigenvalue weighted by Crippen LogP contribution is 2.14. The quantitative estimate of drug-likeness (QED) is 0.926. The van der Waals surface area contributed by atoms with E-state index in [0.717, 1.165) is 39.3 Å². The summed E-state index contributed by atoms with van der Waals surface area (Å²) in [6.45, 7) is 6.29. The van der Waals surface area contributed by atoms with Gasteiger partial charge >= 0.3 is 0 Å². The van der Waals surface area contributed by atoms with Crippen molar-refractivity contribution in [2.45, 2.75) is 0 Å². The molecule has 1 saturated heterocycles. The van der Waals surface area contributed by atoms with Crippen LogP contribution in [-0.2, 0) is 0 Å². The van der Waals surface area contributed by atoms with Crippen molar-refractivity contribution < 1.29 is 0 Å². The molecule has 1 aliphatic rings. The molecule has 0 bridgehead atoms. The van der Waals surface area contributed by atoms with Crippen LogP contribution in [0, 0.1) is 0 Å². The normalized spacial score (nSPS) is 15.1. The number of piperazine rings is 1. The Morgan fingerprint density at radius 2 is 1.44 bits per heavy atom. The van der Waals surface area contributed by atoms with Crippen LogP contribution in [0.1, 0.15) is 0 Å². The Morgan fingerprint density at radius 3 is 1.94 bits per heavy atom. The van der Waals surface area contributed by atoms with Gasteiger partial charge < -0.3 is 10.6 Å². The van der Waals surface area contributed by atoms with E-state index >= 15 is 0 Å². The van der Waals surface area contributed by atoms with E-state index in [2.05, 4.69) is 40.1 Å². The van der Waals surface area contributed by atoms with Gasteiger partial charge in [0.15, 0.2) is 0 Å². The van der Waals surface area contributed by atoms with E-state index < -0.39 is 0 Å². The number of nitrogens with two attached hydrogens (primary N) is 1. The molecule has 1 aliphatic heterocycles. The zero-order chi connectivity index (χ0) is 10.5. The zero-order valence-electron chi connectivity index (χ0n) is 10.3. The number of hydrogen-bond donors (Lipinski definition) is 1. The summed E-state index contributed by atoms with van der Waals surface area (Å²) in [7, 11) is 0. The maximum atomic E-state index is 5.55. The van der Waals surface area contributed by atoms with Crippen molar-refractivity contribution in [2.24, 2.45) is 5.73 Å². The Bertz CT molecular complexity index is 290. The fourth-order valence-electron chi connectivity index (χ4n) is 2.05. The van der Waals surface area contributed by atoms with Crippen LogP contribution in [0.25, 0.3) is 0 Å². The fourth-order valence-corrected chi connectivity index (χ4v) is 2.05. The summed E-state index contributed by atoms with van der Waals surface area (Å²) in [5.41, 5.74) is 6.89. The first-order valence-electron chi connectivity index (χ1n) is 5.62. The second-order valence-corrected chi connectivity index (χ2v) is 3.95. The lowest BCUT2D eigenvalue weighted by molar-refractivity contribution is 0.265. The van der Waals surface area contributed by atoms with Gasteiger partial charge in [-0.1, -0.05) is 18.2 Å². The first-order valence-corrected chi connectivity index (χ1v) is 5.62.